The molecule has 0 fully saturated rings. The number of nitrogens with two attached hydrogens (primary N) is 1. The number of para-hydroxylation sites is 1. The quantitative estimate of drug-likeness (QED) is 0.510. The van der Waals surface area contributed by atoms with Crippen molar-refractivity contribution in [3.63, 3.8) is 0 Å². The average Bonchev–Trinajstić information content (AvgIpc) is 2.51. The summed E-state index contributed by atoms with van der Waals surface area (Å²) in [6.45, 7) is 10.3. The second kappa shape index (κ2) is 10.0. The van der Waals surface area contributed by atoms with E-state index in [1.165, 1.54) is 0 Å². The van der Waals surface area contributed by atoms with Crippen molar-refractivity contribution in [3.8, 4) is 0 Å². The molecular weight excluding hydrogens is 332 g/mol. The van der Waals surface area contributed by atoms with E-state index in [0.717, 1.165) is 11.3 Å². The summed E-state index contributed by atoms with van der Waals surface area (Å²) in [4.78, 5) is 16.3. The zero-order valence-electron chi connectivity index (χ0n) is 16.6. The van der Waals surface area contributed by atoms with Crippen LogP contribution in [0.3, 0.4) is 0 Å². The number of aliphatic imine (C=N–C) groups is 1. The minimum Gasteiger partial charge on any atom is -0.444 e. The molecule has 0 aliphatic heterocycles. The van der Waals surface area contributed by atoms with E-state index in [4.69, 9.17) is 15.2 Å². The number of hydrogen-bond donors (Lipinski definition) is 3. The molecule has 0 heterocycles. The van der Waals surface area contributed by atoms with Gasteiger partial charge in [-0.2, -0.15) is 0 Å². The van der Waals surface area contributed by atoms with Crippen LogP contribution in [-0.4, -0.2) is 37.4 Å². The van der Waals surface area contributed by atoms with Crippen molar-refractivity contribution in [1.82, 2.24) is 5.32 Å². The lowest BCUT2D eigenvalue weighted by molar-refractivity contribution is 0.0493. The summed E-state index contributed by atoms with van der Waals surface area (Å²) >= 11 is 0. The van der Waals surface area contributed by atoms with E-state index in [1.807, 2.05) is 58.9 Å². The van der Waals surface area contributed by atoms with E-state index in [-0.39, 0.29) is 17.9 Å². The zero-order chi connectivity index (χ0) is 19.7. The summed E-state index contributed by atoms with van der Waals surface area (Å²) in [7, 11) is 1.64. The molecule has 0 aliphatic carbocycles. The van der Waals surface area contributed by atoms with Crippen LogP contribution in [0.2, 0.25) is 0 Å². The number of carbonyl (C=O) groups excluding carboxylic acids is 1. The molecule has 7 heteroatoms. The molecule has 0 saturated heterocycles. The van der Waals surface area contributed by atoms with Crippen LogP contribution in [0.5, 0.6) is 0 Å². The number of guanidine groups is 1. The van der Waals surface area contributed by atoms with Gasteiger partial charge in [0.1, 0.15) is 5.60 Å². The number of nitrogens with one attached hydrogen (secondary N) is 2. The lowest BCUT2D eigenvalue weighted by Gasteiger charge is -2.25. The van der Waals surface area contributed by atoms with Gasteiger partial charge < -0.3 is 25.8 Å². The molecule has 0 bridgehead atoms. The van der Waals surface area contributed by atoms with Gasteiger partial charge >= 0.3 is 6.09 Å². The molecule has 0 aromatic heterocycles. The molecule has 4 N–H and O–H groups in total. The van der Waals surface area contributed by atoms with Crippen molar-refractivity contribution in [2.75, 3.05) is 19.0 Å². The number of anilines is 1. The molecule has 1 aromatic carbocycles. The van der Waals surface area contributed by atoms with Crippen LogP contribution in [0.4, 0.5) is 10.5 Å². The number of hydrogen-bond acceptors (Lipinski definition) is 4. The molecule has 0 aliphatic rings. The van der Waals surface area contributed by atoms with Gasteiger partial charge in [0.05, 0.1) is 19.2 Å². The topological polar surface area (TPSA) is 98.0 Å². The number of rotatable bonds is 7. The summed E-state index contributed by atoms with van der Waals surface area (Å²) in [6, 6.07) is 7.54. The van der Waals surface area contributed by atoms with Crippen molar-refractivity contribution >= 4 is 17.7 Å². The lowest BCUT2D eigenvalue weighted by atomic mass is 10.1. The summed E-state index contributed by atoms with van der Waals surface area (Å²) in [6.07, 6.45) is -0.455. The Morgan fingerprint density at radius 3 is 2.50 bits per heavy atom. The Labute approximate surface area is 156 Å². The molecular formula is C19H32N4O3. The van der Waals surface area contributed by atoms with Crippen LogP contribution >= 0.6 is 0 Å². The molecule has 0 saturated carbocycles. The molecule has 26 heavy (non-hydrogen) atoms. The maximum Gasteiger partial charge on any atom is 0.407 e. The largest absolute Gasteiger partial charge is 0.444 e. The first kappa shape index (κ1) is 21.8. The van der Waals surface area contributed by atoms with E-state index in [2.05, 4.69) is 15.6 Å². The first-order chi connectivity index (χ1) is 12.1. The fraction of sp³-hybridized carbons (Fsp3) is 0.579. The number of amides is 1. The summed E-state index contributed by atoms with van der Waals surface area (Å²) in [5.41, 5.74) is 7.30. The molecule has 7 nitrogen and oxygen atoms in total. The second-order valence-electron chi connectivity index (χ2n) is 7.44. The monoisotopic (exact) mass is 364 g/mol. The number of benzene rings is 1. The number of nitrogens with zero attached hydrogens (tertiary/aromatic N) is 1. The van der Waals surface area contributed by atoms with E-state index >= 15 is 0 Å². The van der Waals surface area contributed by atoms with Gasteiger partial charge in [0.2, 0.25) is 0 Å². The van der Waals surface area contributed by atoms with Gasteiger partial charge in [0.25, 0.3) is 0 Å². The van der Waals surface area contributed by atoms with Gasteiger partial charge in [0, 0.05) is 18.4 Å². The van der Waals surface area contributed by atoms with E-state index in [9.17, 15) is 4.79 Å². The Balaban J connectivity index is 2.70. The van der Waals surface area contributed by atoms with Crippen molar-refractivity contribution in [2.24, 2.45) is 16.6 Å². The predicted molar refractivity (Wildman–Crippen MR) is 105 cm³/mol. The number of ether oxygens (including phenoxy) is 2. The van der Waals surface area contributed by atoms with Crippen molar-refractivity contribution in [2.45, 2.75) is 52.9 Å². The molecule has 0 spiro atoms. The Bertz CT molecular complexity index is 609. The third-order valence-corrected chi connectivity index (χ3v) is 3.55. The fourth-order valence-electron chi connectivity index (χ4n) is 2.18. The second-order valence-corrected chi connectivity index (χ2v) is 7.44. The van der Waals surface area contributed by atoms with Crippen LogP contribution in [0.15, 0.2) is 29.3 Å². The normalized spacial score (nSPS) is 13.4. The van der Waals surface area contributed by atoms with Gasteiger partial charge in [-0.25, -0.2) is 4.79 Å². The lowest BCUT2D eigenvalue weighted by Crippen LogP contribution is -2.44. The SMILES string of the molecule is COCc1ccccc1NC(N)=NCC(NC(=O)OC(C)(C)C)C(C)C. The maximum absolute atomic E-state index is 12.0. The number of methoxy groups -OCH3 is 1. The first-order valence-corrected chi connectivity index (χ1v) is 8.75. The molecule has 0 radical (unpaired) electrons. The van der Waals surface area contributed by atoms with Crippen LogP contribution in [0, 0.1) is 5.92 Å². The highest BCUT2D eigenvalue weighted by Gasteiger charge is 2.21. The number of alkyl carbamates (subject to hydrolysis) is 1. The van der Waals surface area contributed by atoms with Crippen LogP contribution in [0.1, 0.15) is 40.2 Å². The van der Waals surface area contributed by atoms with Gasteiger partial charge in [-0.3, -0.25) is 4.99 Å². The van der Waals surface area contributed by atoms with Crippen molar-refractivity contribution < 1.29 is 14.3 Å². The molecule has 1 unspecified atom stereocenters. The summed E-state index contributed by atoms with van der Waals surface area (Å²) in [5, 5.41) is 5.94. The number of carbonyl (C=O) groups is 1. The van der Waals surface area contributed by atoms with Gasteiger partial charge in [-0.15, -0.1) is 0 Å². The third kappa shape index (κ3) is 8.20. The van der Waals surface area contributed by atoms with Gasteiger partial charge in [-0.1, -0.05) is 32.0 Å². The Morgan fingerprint density at radius 1 is 1.27 bits per heavy atom. The third-order valence-electron chi connectivity index (χ3n) is 3.55. The van der Waals surface area contributed by atoms with E-state index in [1.54, 1.807) is 7.11 Å². The highest BCUT2D eigenvalue weighted by Crippen LogP contribution is 2.15. The molecule has 1 atom stereocenters. The van der Waals surface area contributed by atoms with Gasteiger partial charge in [0.15, 0.2) is 5.96 Å². The van der Waals surface area contributed by atoms with Gasteiger partial charge in [-0.05, 0) is 32.8 Å². The fourth-order valence-corrected chi connectivity index (χ4v) is 2.18. The summed E-state index contributed by atoms with van der Waals surface area (Å²) < 4.78 is 10.5. The Hall–Kier alpha value is -2.28. The highest BCUT2D eigenvalue weighted by molar-refractivity contribution is 5.93. The standard InChI is InChI=1S/C19H32N4O3/c1-13(2)16(23-18(24)26-19(3,4)5)11-21-17(20)22-15-10-8-7-9-14(15)12-25-6/h7-10,13,16H,11-12H2,1-6H3,(H,23,24)(H3,20,21,22). The molecule has 146 valence electrons. The predicted octanol–water partition coefficient (Wildman–Crippen LogP) is 3.11. The molecule has 1 amide bonds. The maximum atomic E-state index is 12.0. The minimum absolute atomic E-state index is 0.180. The Kier molecular flexibility index (Phi) is 8.38. The highest BCUT2D eigenvalue weighted by atomic mass is 16.6. The van der Waals surface area contributed by atoms with Crippen molar-refractivity contribution in [1.29, 1.82) is 0 Å². The van der Waals surface area contributed by atoms with E-state index in [0.29, 0.717) is 13.2 Å². The zero-order valence-corrected chi connectivity index (χ0v) is 16.6. The minimum atomic E-state index is -0.541. The molecule has 1 aromatic rings. The summed E-state index contributed by atoms with van der Waals surface area (Å²) in [5.74, 6) is 0.463. The van der Waals surface area contributed by atoms with Crippen LogP contribution < -0.4 is 16.4 Å². The first-order valence-electron chi connectivity index (χ1n) is 8.75. The van der Waals surface area contributed by atoms with Crippen LogP contribution in [-0.2, 0) is 16.1 Å². The average molecular weight is 364 g/mol. The van der Waals surface area contributed by atoms with Crippen molar-refractivity contribution in [3.05, 3.63) is 29.8 Å². The smallest absolute Gasteiger partial charge is 0.407 e. The Morgan fingerprint density at radius 2 is 1.92 bits per heavy atom. The van der Waals surface area contributed by atoms with Crippen LogP contribution in [0.25, 0.3) is 0 Å². The molecule has 1 rings (SSSR count). The van der Waals surface area contributed by atoms with E-state index < -0.39 is 11.7 Å².